The maximum absolute atomic E-state index is 13.6. The lowest BCUT2D eigenvalue weighted by atomic mass is 9.86. The molecule has 1 aliphatic carbocycles. The summed E-state index contributed by atoms with van der Waals surface area (Å²) in [6.07, 6.45) is 6.37. The Balaban J connectivity index is 1.68. The number of ether oxygens (including phenoxy) is 1. The number of nitrogens with one attached hydrogen (secondary N) is 1. The van der Waals surface area contributed by atoms with Crippen molar-refractivity contribution in [3.05, 3.63) is 41.7 Å². The number of halogens is 1. The first-order valence-corrected chi connectivity index (χ1v) is 7.67. The Kier molecular flexibility index (Phi) is 4.32. The summed E-state index contributed by atoms with van der Waals surface area (Å²) in [6.45, 7) is 1.46. The van der Waals surface area contributed by atoms with Gasteiger partial charge in [0.25, 0.3) is 0 Å². The molecule has 0 saturated carbocycles. The zero-order chi connectivity index (χ0) is 16.4. The lowest BCUT2D eigenvalue weighted by Gasteiger charge is -2.17. The molecular formula is C17H19FN2O3. The molecule has 1 aromatic rings. The molecule has 1 heterocycles. The van der Waals surface area contributed by atoms with Gasteiger partial charge in [-0.25, -0.2) is 14.0 Å². The van der Waals surface area contributed by atoms with Gasteiger partial charge < -0.3 is 15.0 Å². The molecule has 1 aliphatic heterocycles. The normalized spacial score (nSPS) is 22.6. The van der Waals surface area contributed by atoms with Gasteiger partial charge in [-0.3, -0.25) is 0 Å². The Morgan fingerprint density at radius 2 is 1.87 bits per heavy atom. The molecule has 0 radical (unpaired) electrons. The SMILES string of the molecule is COC(=O)c1cc(NC(=O)N2C[C@H]3CC=CC[C@H]3C2)ccc1F. The number of fused-ring (bicyclic) bond motifs is 1. The number of carbonyl (C=O) groups excluding carboxylic acids is 2. The molecule has 2 amide bonds. The van der Waals surface area contributed by atoms with Gasteiger partial charge in [0, 0.05) is 18.8 Å². The number of hydrogen-bond donors (Lipinski definition) is 1. The number of amides is 2. The smallest absolute Gasteiger partial charge is 0.340 e. The fourth-order valence-electron chi connectivity index (χ4n) is 3.25. The van der Waals surface area contributed by atoms with E-state index in [1.165, 1.54) is 19.2 Å². The molecule has 3 rings (SSSR count). The minimum atomic E-state index is -0.767. The highest BCUT2D eigenvalue weighted by Gasteiger charge is 2.35. The van der Waals surface area contributed by atoms with Crippen molar-refractivity contribution in [2.45, 2.75) is 12.8 Å². The standard InChI is InChI=1S/C17H19FN2O3/c1-23-16(21)14-8-13(6-7-15(14)18)19-17(22)20-9-11-4-2-3-5-12(11)10-20/h2-3,6-8,11-12H,4-5,9-10H2,1H3,(H,19,22)/t11-,12+. The van der Waals surface area contributed by atoms with Crippen LogP contribution in [0.4, 0.5) is 14.9 Å². The summed E-state index contributed by atoms with van der Waals surface area (Å²) in [4.78, 5) is 25.7. The van der Waals surface area contributed by atoms with Crippen molar-refractivity contribution in [2.75, 3.05) is 25.5 Å². The predicted octanol–water partition coefficient (Wildman–Crippen LogP) is 3.04. The average Bonchev–Trinajstić information content (AvgIpc) is 3.00. The molecule has 6 heteroatoms. The van der Waals surface area contributed by atoms with E-state index >= 15 is 0 Å². The second kappa shape index (κ2) is 6.40. The lowest BCUT2D eigenvalue weighted by molar-refractivity contribution is 0.0595. The van der Waals surface area contributed by atoms with Gasteiger partial charge in [-0.2, -0.15) is 0 Å². The third-order valence-corrected chi connectivity index (χ3v) is 4.53. The first-order chi connectivity index (χ1) is 11.1. The van der Waals surface area contributed by atoms with E-state index in [9.17, 15) is 14.0 Å². The Bertz CT molecular complexity index is 643. The van der Waals surface area contributed by atoms with E-state index in [1.54, 1.807) is 4.90 Å². The van der Waals surface area contributed by atoms with E-state index in [0.717, 1.165) is 32.0 Å². The molecule has 23 heavy (non-hydrogen) atoms. The molecule has 2 atom stereocenters. The molecule has 122 valence electrons. The fraction of sp³-hybridized carbons (Fsp3) is 0.412. The zero-order valence-corrected chi connectivity index (χ0v) is 12.9. The topological polar surface area (TPSA) is 58.6 Å². The van der Waals surface area contributed by atoms with Crippen LogP contribution in [-0.4, -0.2) is 37.1 Å². The van der Waals surface area contributed by atoms with E-state index in [1.807, 2.05) is 0 Å². The van der Waals surface area contributed by atoms with Crippen LogP contribution in [-0.2, 0) is 4.74 Å². The largest absolute Gasteiger partial charge is 0.465 e. The van der Waals surface area contributed by atoms with E-state index in [4.69, 9.17) is 0 Å². The molecule has 1 fully saturated rings. The third-order valence-electron chi connectivity index (χ3n) is 4.53. The van der Waals surface area contributed by atoms with Gasteiger partial charge in [0.05, 0.1) is 12.7 Å². The number of likely N-dealkylation sites (tertiary alicyclic amines) is 1. The van der Waals surface area contributed by atoms with Gasteiger partial charge in [0.2, 0.25) is 0 Å². The van der Waals surface area contributed by atoms with Gasteiger partial charge in [-0.15, -0.1) is 0 Å². The lowest BCUT2D eigenvalue weighted by Crippen LogP contribution is -2.33. The molecule has 0 unspecified atom stereocenters. The van der Waals surface area contributed by atoms with Crippen LogP contribution in [0.1, 0.15) is 23.2 Å². The van der Waals surface area contributed by atoms with Gasteiger partial charge in [0.15, 0.2) is 0 Å². The van der Waals surface area contributed by atoms with Crippen molar-refractivity contribution in [1.82, 2.24) is 4.90 Å². The Morgan fingerprint density at radius 3 is 2.48 bits per heavy atom. The first-order valence-electron chi connectivity index (χ1n) is 7.67. The van der Waals surface area contributed by atoms with Crippen LogP contribution in [0.15, 0.2) is 30.4 Å². The van der Waals surface area contributed by atoms with Crippen molar-refractivity contribution in [1.29, 1.82) is 0 Å². The van der Waals surface area contributed by atoms with Crippen LogP contribution in [0.2, 0.25) is 0 Å². The maximum atomic E-state index is 13.6. The molecule has 0 spiro atoms. The number of allylic oxidation sites excluding steroid dienone is 2. The van der Waals surface area contributed by atoms with Crippen LogP contribution in [0, 0.1) is 17.7 Å². The Labute approximate surface area is 134 Å². The molecular weight excluding hydrogens is 299 g/mol. The second-order valence-corrected chi connectivity index (χ2v) is 5.98. The van der Waals surface area contributed by atoms with Crippen LogP contribution < -0.4 is 5.32 Å². The Morgan fingerprint density at radius 1 is 1.22 bits per heavy atom. The number of hydrogen-bond acceptors (Lipinski definition) is 3. The van der Waals surface area contributed by atoms with Gasteiger partial charge >= 0.3 is 12.0 Å². The number of urea groups is 1. The van der Waals surface area contributed by atoms with E-state index in [0.29, 0.717) is 17.5 Å². The number of rotatable bonds is 2. The maximum Gasteiger partial charge on any atom is 0.340 e. The van der Waals surface area contributed by atoms with E-state index < -0.39 is 11.8 Å². The van der Waals surface area contributed by atoms with Crippen molar-refractivity contribution in [2.24, 2.45) is 11.8 Å². The van der Waals surface area contributed by atoms with E-state index in [-0.39, 0.29) is 11.6 Å². The number of nitrogens with zero attached hydrogens (tertiary/aromatic N) is 1. The molecule has 0 bridgehead atoms. The fourth-order valence-corrected chi connectivity index (χ4v) is 3.25. The average molecular weight is 318 g/mol. The number of methoxy groups -OCH3 is 1. The number of anilines is 1. The van der Waals surface area contributed by atoms with Gasteiger partial charge in [-0.1, -0.05) is 12.2 Å². The summed E-state index contributed by atoms with van der Waals surface area (Å²) in [6, 6.07) is 3.66. The van der Waals surface area contributed by atoms with E-state index in [2.05, 4.69) is 22.2 Å². The van der Waals surface area contributed by atoms with Crippen molar-refractivity contribution in [3.63, 3.8) is 0 Å². The van der Waals surface area contributed by atoms with Gasteiger partial charge in [-0.05, 0) is 42.9 Å². The highest BCUT2D eigenvalue weighted by Crippen LogP contribution is 2.33. The van der Waals surface area contributed by atoms with Crippen molar-refractivity contribution < 1.29 is 18.7 Å². The molecule has 1 N–H and O–H groups in total. The summed E-state index contributed by atoms with van der Waals surface area (Å²) >= 11 is 0. The van der Waals surface area contributed by atoms with Gasteiger partial charge in [0.1, 0.15) is 5.82 Å². The quantitative estimate of drug-likeness (QED) is 0.673. The molecule has 0 aromatic heterocycles. The summed E-state index contributed by atoms with van der Waals surface area (Å²) in [5.74, 6) is -0.404. The summed E-state index contributed by atoms with van der Waals surface area (Å²) in [7, 11) is 1.19. The van der Waals surface area contributed by atoms with Crippen LogP contribution in [0.3, 0.4) is 0 Å². The molecule has 1 saturated heterocycles. The highest BCUT2D eigenvalue weighted by molar-refractivity contribution is 5.94. The number of benzene rings is 1. The third kappa shape index (κ3) is 3.21. The molecule has 2 aliphatic rings. The summed E-state index contributed by atoms with van der Waals surface area (Å²) in [5, 5.41) is 2.73. The van der Waals surface area contributed by atoms with Crippen LogP contribution in [0.5, 0.6) is 0 Å². The monoisotopic (exact) mass is 318 g/mol. The number of esters is 1. The van der Waals surface area contributed by atoms with Crippen LogP contribution in [0.25, 0.3) is 0 Å². The zero-order valence-electron chi connectivity index (χ0n) is 12.9. The van der Waals surface area contributed by atoms with Crippen LogP contribution >= 0.6 is 0 Å². The minimum Gasteiger partial charge on any atom is -0.465 e. The Hall–Kier alpha value is -2.37. The number of carbonyl (C=O) groups is 2. The first kappa shape index (κ1) is 15.5. The van der Waals surface area contributed by atoms with Crippen molar-refractivity contribution in [3.8, 4) is 0 Å². The summed E-state index contributed by atoms with van der Waals surface area (Å²) < 4.78 is 18.1. The van der Waals surface area contributed by atoms with Crippen molar-refractivity contribution >= 4 is 17.7 Å². The summed E-state index contributed by atoms with van der Waals surface area (Å²) in [5.41, 5.74) is 0.189. The molecule has 1 aromatic carbocycles. The highest BCUT2D eigenvalue weighted by atomic mass is 19.1. The minimum absolute atomic E-state index is 0.190. The molecule has 5 nitrogen and oxygen atoms in total. The second-order valence-electron chi connectivity index (χ2n) is 5.98. The predicted molar refractivity (Wildman–Crippen MR) is 83.7 cm³/mol.